The first-order valence-corrected chi connectivity index (χ1v) is 4.53. The van der Waals surface area contributed by atoms with Crippen molar-refractivity contribution in [2.24, 2.45) is 5.73 Å². The van der Waals surface area contributed by atoms with Gasteiger partial charge in [-0.15, -0.1) is 0 Å². The van der Waals surface area contributed by atoms with E-state index >= 15 is 0 Å². The molecule has 68 valence electrons. The second-order valence-electron chi connectivity index (χ2n) is 3.09. The Labute approximate surface area is 73.4 Å². The van der Waals surface area contributed by atoms with E-state index in [0.717, 1.165) is 18.5 Å². The molecule has 0 aliphatic carbocycles. The quantitative estimate of drug-likeness (QED) is 0.716. The number of hydrogen-bond donors (Lipinski definition) is 2. The van der Waals surface area contributed by atoms with Gasteiger partial charge in [0.05, 0.1) is 6.33 Å². The van der Waals surface area contributed by atoms with Gasteiger partial charge in [-0.1, -0.05) is 13.8 Å². The van der Waals surface area contributed by atoms with Crippen LogP contribution in [0, 0.1) is 0 Å². The molecule has 3 heteroatoms. The van der Waals surface area contributed by atoms with Gasteiger partial charge in [0.25, 0.3) is 0 Å². The monoisotopic (exact) mass is 167 g/mol. The molecular formula is C9H17N3. The predicted molar refractivity (Wildman–Crippen MR) is 49.9 cm³/mol. The standard InChI is InChI=1S/C9H17N3/c1-3-7(8(10)4-2)9-5-11-6-12-9/h5-8H,3-4,10H2,1-2H3,(H,11,12). The molecule has 1 rings (SSSR count). The summed E-state index contributed by atoms with van der Waals surface area (Å²) < 4.78 is 0. The van der Waals surface area contributed by atoms with Gasteiger partial charge in [0.1, 0.15) is 0 Å². The fourth-order valence-electron chi connectivity index (χ4n) is 1.51. The van der Waals surface area contributed by atoms with E-state index in [2.05, 4.69) is 23.8 Å². The lowest BCUT2D eigenvalue weighted by Crippen LogP contribution is -2.27. The first-order chi connectivity index (χ1) is 5.79. The molecule has 1 aromatic heterocycles. The zero-order chi connectivity index (χ0) is 8.97. The van der Waals surface area contributed by atoms with E-state index in [1.54, 1.807) is 6.33 Å². The van der Waals surface area contributed by atoms with Crippen molar-refractivity contribution in [2.75, 3.05) is 0 Å². The second kappa shape index (κ2) is 4.26. The third-order valence-corrected chi connectivity index (χ3v) is 2.35. The van der Waals surface area contributed by atoms with E-state index in [1.807, 2.05) is 6.20 Å². The van der Waals surface area contributed by atoms with Crippen molar-refractivity contribution < 1.29 is 0 Å². The van der Waals surface area contributed by atoms with Crippen molar-refractivity contribution in [2.45, 2.75) is 38.6 Å². The van der Waals surface area contributed by atoms with Crippen molar-refractivity contribution >= 4 is 0 Å². The normalized spacial score (nSPS) is 15.9. The number of nitrogens with zero attached hydrogens (tertiary/aromatic N) is 1. The van der Waals surface area contributed by atoms with E-state index in [0.29, 0.717) is 5.92 Å². The van der Waals surface area contributed by atoms with Crippen LogP contribution in [0.1, 0.15) is 38.3 Å². The van der Waals surface area contributed by atoms with Crippen molar-refractivity contribution in [3.63, 3.8) is 0 Å². The van der Waals surface area contributed by atoms with Crippen molar-refractivity contribution in [3.05, 3.63) is 18.2 Å². The first kappa shape index (κ1) is 9.26. The van der Waals surface area contributed by atoms with E-state index < -0.39 is 0 Å². The van der Waals surface area contributed by atoms with E-state index in [-0.39, 0.29) is 6.04 Å². The zero-order valence-electron chi connectivity index (χ0n) is 7.75. The van der Waals surface area contributed by atoms with Crippen molar-refractivity contribution in [1.29, 1.82) is 0 Å². The molecule has 0 aliphatic rings. The molecule has 3 nitrogen and oxygen atoms in total. The highest BCUT2D eigenvalue weighted by atomic mass is 14.9. The number of imidazole rings is 1. The average molecular weight is 167 g/mol. The molecule has 3 N–H and O–H groups in total. The van der Waals surface area contributed by atoms with Gasteiger partial charge in [-0.3, -0.25) is 0 Å². The van der Waals surface area contributed by atoms with Gasteiger partial charge < -0.3 is 10.7 Å². The summed E-state index contributed by atoms with van der Waals surface area (Å²) in [6.07, 6.45) is 5.65. The molecule has 0 radical (unpaired) electrons. The predicted octanol–water partition coefficient (Wildman–Crippen LogP) is 1.64. The van der Waals surface area contributed by atoms with Crippen LogP contribution in [0.3, 0.4) is 0 Å². The highest BCUT2D eigenvalue weighted by molar-refractivity contribution is 5.06. The molecule has 12 heavy (non-hydrogen) atoms. The first-order valence-electron chi connectivity index (χ1n) is 4.53. The minimum absolute atomic E-state index is 0.246. The Morgan fingerprint density at radius 2 is 2.25 bits per heavy atom. The summed E-state index contributed by atoms with van der Waals surface area (Å²) >= 11 is 0. The molecule has 2 atom stereocenters. The van der Waals surface area contributed by atoms with Gasteiger partial charge in [0.2, 0.25) is 0 Å². The molecule has 1 aromatic rings. The minimum atomic E-state index is 0.246. The Morgan fingerprint density at radius 1 is 1.50 bits per heavy atom. The fraction of sp³-hybridized carbons (Fsp3) is 0.667. The number of aromatic amines is 1. The van der Waals surface area contributed by atoms with Crippen LogP contribution < -0.4 is 5.73 Å². The largest absolute Gasteiger partial charge is 0.348 e. The van der Waals surface area contributed by atoms with Gasteiger partial charge in [-0.05, 0) is 12.8 Å². The lowest BCUT2D eigenvalue weighted by atomic mass is 9.93. The van der Waals surface area contributed by atoms with Crippen LogP contribution in [0.4, 0.5) is 0 Å². The molecule has 0 aromatic carbocycles. The second-order valence-corrected chi connectivity index (χ2v) is 3.09. The molecule has 0 aliphatic heterocycles. The Balaban J connectivity index is 2.69. The number of hydrogen-bond acceptors (Lipinski definition) is 2. The van der Waals surface area contributed by atoms with Crippen LogP contribution in [0.25, 0.3) is 0 Å². The third kappa shape index (κ3) is 1.85. The molecule has 0 bridgehead atoms. The summed E-state index contributed by atoms with van der Waals surface area (Å²) in [5.41, 5.74) is 7.13. The molecule has 0 saturated heterocycles. The van der Waals surface area contributed by atoms with Crippen LogP contribution in [0.15, 0.2) is 12.5 Å². The van der Waals surface area contributed by atoms with Gasteiger partial charge in [-0.25, -0.2) is 4.98 Å². The molecule has 0 amide bonds. The Bertz CT molecular complexity index is 206. The van der Waals surface area contributed by atoms with Crippen LogP contribution >= 0.6 is 0 Å². The number of nitrogens with two attached hydrogens (primary N) is 1. The fourth-order valence-corrected chi connectivity index (χ4v) is 1.51. The van der Waals surface area contributed by atoms with Crippen molar-refractivity contribution in [3.8, 4) is 0 Å². The van der Waals surface area contributed by atoms with Crippen LogP contribution in [0.5, 0.6) is 0 Å². The third-order valence-electron chi connectivity index (χ3n) is 2.35. The van der Waals surface area contributed by atoms with Gasteiger partial charge in [0.15, 0.2) is 0 Å². The molecule has 2 unspecified atom stereocenters. The molecule has 0 fully saturated rings. The van der Waals surface area contributed by atoms with Gasteiger partial charge in [0, 0.05) is 23.9 Å². The molecular weight excluding hydrogens is 150 g/mol. The van der Waals surface area contributed by atoms with E-state index in [9.17, 15) is 0 Å². The number of rotatable bonds is 4. The summed E-state index contributed by atoms with van der Waals surface area (Å²) in [6, 6.07) is 0.246. The number of nitrogens with one attached hydrogen (secondary N) is 1. The maximum atomic E-state index is 5.97. The number of H-pyrrole nitrogens is 1. The summed E-state index contributed by atoms with van der Waals surface area (Å²) in [7, 11) is 0. The van der Waals surface area contributed by atoms with E-state index in [1.165, 1.54) is 0 Å². The summed E-state index contributed by atoms with van der Waals surface area (Å²) in [5, 5.41) is 0. The Morgan fingerprint density at radius 3 is 2.67 bits per heavy atom. The maximum Gasteiger partial charge on any atom is 0.0921 e. The molecule has 1 heterocycles. The number of aromatic nitrogens is 2. The summed E-state index contributed by atoms with van der Waals surface area (Å²) in [6.45, 7) is 4.27. The zero-order valence-corrected chi connectivity index (χ0v) is 7.75. The summed E-state index contributed by atoms with van der Waals surface area (Å²) in [4.78, 5) is 7.11. The Hall–Kier alpha value is -0.830. The van der Waals surface area contributed by atoms with E-state index in [4.69, 9.17) is 5.73 Å². The van der Waals surface area contributed by atoms with Crippen LogP contribution in [-0.4, -0.2) is 16.0 Å². The topological polar surface area (TPSA) is 54.7 Å². The SMILES string of the molecule is CCC(N)C(CC)c1cnc[nH]1. The lowest BCUT2D eigenvalue weighted by molar-refractivity contribution is 0.497. The maximum absolute atomic E-state index is 5.97. The molecule has 0 saturated carbocycles. The highest BCUT2D eigenvalue weighted by Crippen LogP contribution is 2.21. The highest BCUT2D eigenvalue weighted by Gasteiger charge is 2.16. The van der Waals surface area contributed by atoms with Crippen LogP contribution in [0.2, 0.25) is 0 Å². The van der Waals surface area contributed by atoms with Crippen LogP contribution in [-0.2, 0) is 0 Å². The minimum Gasteiger partial charge on any atom is -0.348 e. The lowest BCUT2D eigenvalue weighted by Gasteiger charge is -2.19. The Kier molecular flexibility index (Phi) is 3.29. The van der Waals surface area contributed by atoms with Gasteiger partial charge in [-0.2, -0.15) is 0 Å². The van der Waals surface area contributed by atoms with Crippen molar-refractivity contribution in [1.82, 2.24) is 9.97 Å². The average Bonchev–Trinajstić information content (AvgIpc) is 2.58. The summed E-state index contributed by atoms with van der Waals surface area (Å²) in [5.74, 6) is 0.428. The van der Waals surface area contributed by atoms with Gasteiger partial charge >= 0.3 is 0 Å². The smallest absolute Gasteiger partial charge is 0.0921 e. The molecule has 0 spiro atoms.